The molecule has 2 aromatic rings. The van der Waals surface area contributed by atoms with Crippen LogP contribution in [0, 0.1) is 0 Å². The first-order valence-electron chi connectivity index (χ1n) is 8.81. The molecule has 0 bridgehead atoms. The summed E-state index contributed by atoms with van der Waals surface area (Å²) in [5.74, 6) is 1.77. The molecule has 0 spiro atoms. The largest absolute Gasteiger partial charge is 0.496 e. The predicted molar refractivity (Wildman–Crippen MR) is 124 cm³/mol. The van der Waals surface area contributed by atoms with E-state index in [9.17, 15) is 0 Å². The van der Waals surface area contributed by atoms with Crippen molar-refractivity contribution in [3.63, 3.8) is 0 Å². The summed E-state index contributed by atoms with van der Waals surface area (Å²) in [5.41, 5.74) is 2.36. The Kier molecular flexibility index (Phi) is 10.2. The molecule has 0 aliphatic carbocycles. The van der Waals surface area contributed by atoms with Gasteiger partial charge in [-0.05, 0) is 25.7 Å². The summed E-state index contributed by atoms with van der Waals surface area (Å²) in [6.07, 6.45) is 0. The standard InChI is InChI=1S/C21H30N4O.HI/c1-24(2)19(18-13-9-10-14-20(18)26-5)16-23-21(25(3)4)22-15-17-11-7-6-8-12-17;/h6-14,19H,15-16H2,1-5H3,(H,22,23);1H. The van der Waals surface area contributed by atoms with Crippen molar-refractivity contribution in [1.29, 1.82) is 0 Å². The van der Waals surface area contributed by atoms with Gasteiger partial charge in [0.25, 0.3) is 0 Å². The minimum Gasteiger partial charge on any atom is -0.496 e. The fourth-order valence-corrected chi connectivity index (χ4v) is 2.81. The smallest absolute Gasteiger partial charge is 0.193 e. The number of nitrogens with zero attached hydrogens (tertiary/aromatic N) is 3. The number of likely N-dealkylation sites (N-methyl/N-ethyl adjacent to an activating group) is 1. The van der Waals surface area contributed by atoms with Crippen LogP contribution >= 0.6 is 24.0 Å². The first-order chi connectivity index (χ1) is 12.5. The quantitative estimate of drug-likeness (QED) is 0.372. The van der Waals surface area contributed by atoms with Gasteiger partial charge in [0.15, 0.2) is 5.96 Å². The molecule has 0 heterocycles. The Morgan fingerprint density at radius 1 is 1.00 bits per heavy atom. The molecule has 0 fully saturated rings. The summed E-state index contributed by atoms with van der Waals surface area (Å²) in [5, 5.41) is 3.50. The molecule has 0 saturated carbocycles. The third-order valence-electron chi connectivity index (χ3n) is 4.25. The van der Waals surface area contributed by atoms with Crippen molar-refractivity contribution in [2.75, 3.05) is 41.8 Å². The van der Waals surface area contributed by atoms with Gasteiger partial charge < -0.3 is 19.9 Å². The zero-order chi connectivity index (χ0) is 18.9. The highest BCUT2D eigenvalue weighted by Gasteiger charge is 2.18. The van der Waals surface area contributed by atoms with Crippen LogP contribution in [0.4, 0.5) is 0 Å². The van der Waals surface area contributed by atoms with Gasteiger partial charge in [0.2, 0.25) is 0 Å². The second-order valence-electron chi connectivity index (χ2n) is 6.62. The number of hydrogen-bond donors (Lipinski definition) is 1. The lowest BCUT2D eigenvalue weighted by atomic mass is 10.0. The maximum Gasteiger partial charge on any atom is 0.193 e. The molecule has 1 N–H and O–H groups in total. The van der Waals surface area contributed by atoms with E-state index in [-0.39, 0.29) is 30.0 Å². The Morgan fingerprint density at radius 2 is 1.63 bits per heavy atom. The lowest BCUT2D eigenvalue weighted by Crippen LogP contribution is -2.41. The van der Waals surface area contributed by atoms with Gasteiger partial charge in [-0.2, -0.15) is 0 Å². The van der Waals surface area contributed by atoms with Crippen molar-refractivity contribution in [3.8, 4) is 5.75 Å². The molecule has 2 rings (SSSR count). The van der Waals surface area contributed by atoms with E-state index in [4.69, 9.17) is 9.73 Å². The zero-order valence-corrected chi connectivity index (χ0v) is 19.2. The molecule has 0 aliphatic heterocycles. The second-order valence-corrected chi connectivity index (χ2v) is 6.62. The average Bonchev–Trinajstić information content (AvgIpc) is 2.65. The Bertz CT molecular complexity index is 704. The number of aliphatic imine (C=N–C) groups is 1. The molecular formula is C21H31IN4O. The average molecular weight is 482 g/mol. The molecule has 0 radical (unpaired) electrons. The molecule has 0 aromatic heterocycles. The van der Waals surface area contributed by atoms with E-state index < -0.39 is 0 Å². The van der Waals surface area contributed by atoms with Gasteiger partial charge >= 0.3 is 0 Å². The van der Waals surface area contributed by atoms with E-state index in [1.165, 1.54) is 5.56 Å². The summed E-state index contributed by atoms with van der Waals surface area (Å²) >= 11 is 0. The van der Waals surface area contributed by atoms with Gasteiger partial charge in [-0.25, -0.2) is 4.99 Å². The molecule has 1 unspecified atom stereocenters. The van der Waals surface area contributed by atoms with Crippen molar-refractivity contribution >= 4 is 29.9 Å². The molecule has 148 valence electrons. The fraction of sp³-hybridized carbons (Fsp3) is 0.381. The van der Waals surface area contributed by atoms with E-state index in [0.717, 1.165) is 23.8 Å². The number of ether oxygens (including phenoxy) is 1. The van der Waals surface area contributed by atoms with Gasteiger partial charge in [0.05, 0.1) is 19.7 Å². The monoisotopic (exact) mass is 482 g/mol. The van der Waals surface area contributed by atoms with Crippen LogP contribution in [0.3, 0.4) is 0 Å². The third-order valence-corrected chi connectivity index (χ3v) is 4.25. The summed E-state index contributed by atoms with van der Waals surface area (Å²) in [4.78, 5) is 8.94. The van der Waals surface area contributed by atoms with Gasteiger partial charge in [0, 0.05) is 26.2 Å². The van der Waals surface area contributed by atoms with Crippen LogP contribution in [0.2, 0.25) is 0 Å². The maximum atomic E-state index is 5.54. The van der Waals surface area contributed by atoms with Crippen molar-refractivity contribution in [3.05, 3.63) is 65.7 Å². The maximum absolute atomic E-state index is 5.54. The summed E-state index contributed by atoms with van der Waals surface area (Å²) in [6, 6.07) is 18.6. The number of methoxy groups -OCH3 is 1. The van der Waals surface area contributed by atoms with Crippen molar-refractivity contribution in [2.24, 2.45) is 4.99 Å². The lowest BCUT2D eigenvalue weighted by Gasteiger charge is -2.28. The van der Waals surface area contributed by atoms with Crippen LogP contribution in [0.5, 0.6) is 5.75 Å². The molecule has 0 saturated heterocycles. The number of para-hydroxylation sites is 1. The van der Waals surface area contributed by atoms with Crippen LogP contribution in [0.1, 0.15) is 17.2 Å². The van der Waals surface area contributed by atoms with Crippen LogP contribution in [0.15, 0.2) is 59.6 Å². The molecule has 2 aromatic carbocycles. The second kappa shape index (κ2) is 11.8. The minimum atomic E-state index is 0. The van der Waals surface area contributed by atoms with E-state index in [2.05, 4.69) is 42.5 Å². The third kappa shape index (κ3) is 7.03. The number of halogens is 1. The molecule has 1 atom stereocenters. The van der Waals surface area contributed by atoms with Crippen molar-refractivity contribution in [1.82, 2.24) is 15.1 Å². The fourth-order valence-electron chi connectivity index (χ4n) is 2.81. The van der Waals surface area contributed by atoms with Crippen molar-refractivity contribution < 1.29 is 4.74 Å². The highest BCUT2D eigenvalue weighted by Crippen LogP contribution is 2.27. The summed E-state index contributed by atoms with van der Waals surface area (Å²) in [6.45, 7) is 1.39. The van der Waals surface area contributed by atoms with E-state index in [1.54, 1.807) is 7.11 Å². The predicted octanol–water partition coefficient (Wildman–Crippen LogP) is 3.62. The Morgan fingerprint density at radius 3 is 2.22 bits per heavy atom. The SMILES string of the molecule is COc1ccccc1C(CNC(=NCc1ccccc1)N(C)C)N(C)C.I. The molecule has 5 nitrogen and oxygen atoms in total. The van der Waals surface area contributed by atoms with Crippen LogP contribution in [-0.2, 0) is 6.54 Å². The Balaban J connectivity index is 0.00000364. The van der Waals surface area contributed by atoms with Crippen LogP contribution in [0.25, 0.3) is 0 Å². The highest BCUT2D eigenvalue weighted by molar-refractivity contribution is 14.0. The molecule has 27 heavy (non-hydrogen) atoms. The van der Waals surface area contributed by atoms with Gasteiger partial charge in [-0.1, -0.05) is 48.5 Å². The topological polar surface area (TPSA) is 40.1 Å². The molecular weight excluding hydrogens is 451 g/mol. The highest BCUT2D eigenvalue weighted by atomic mass is 127. The first kappa shape index (κ1) is 23.2. The Hall–Kier alpha value is -1.80. The van der Waals surface area contributed by atoms with Crippen LogP contribution < -0.4 is 10.1 Å². The normalized spacial score (nSPS) is 12.3. The summed E-state index contributed by atoms with van der Waals surface area (Å²) < 4.78 is 5.54. The number of rotatable bonds is 7. The van der Waals surface area contributed by atoms with Gasteiger partial charge in [-0.3, -0.25) is 0 Å². The van der Waals surface area contributed by atoms with Gasteiger partial charge in [-0.15, -0.1) is 24.0 Å². The van der Waals surface area contributed by atoms with Crippen LogP contribution in [-0.4, -0.2) is 57.6 Å². The number of hydrogen-bond acceptors (Lipinski definition) is 3. The molecule has 6 heteroatoms. The van der Waals surface area contributed by atoms with E-state index >= 15 is 0 Å². The number of guanidine groups is 1. The molecule has 0 aliphatic rings. The lowest BCUT2D eigenvalue weighted by molar-refractivity contribution is 0.286. The first-order valence-corrected chi connectivity index (χ1v) is 8.81. The number of benzene rings is 2. The van der Waals surface area contributed by atoms with E-state index in [0.29, 0.717) is 6.54 Å². The van der Waals surface area contributed by atoms with Crippen molar-refractivity contribution in [2.45, 2.75) is 12.6 Å². The summed E-state index contributed by atoms with van der Waals surface area (Å²) in [7, 11) is 9.88. The van der Waals surface area contributed by atoms with Gasteiger partial charge in [0.1, 0.15) is 5.75 Å². The zero-order valence-electron chi connectivity index (χ0n) is 16.8. The Labute approximate surface area is 180 Å². The molecule has 0 amide bonds. The number of nitrogens with one attached hydrogen (secondary N) is 1. The van der Waals surface area contributed by atoms with E-state index in [1.807, 2.05) is 55.4 Å². The minimum absolute atomic E-state index is 0.